The molecule has 0 heterocycles. The van der Waals surface area contributed by atoms with Crippen molar-refractivity contribution in [1.29, 1.82) is 0 Å². The van der Waals surface area contributed by atoms with Crippen molar-refractivity contribution in [2.45, 2.75) is 30.8 Å². The predicted octanol–water partition coefficient (Wildman–Crippen LogP) is 5.07. The zero-order valence-corrected chi connectivity index (χ0v) is 21.5. The zero-order valence-electron chi connectivity index (χ0n) is 16.6. The van der Waals surface area contributed by atoms with Crippen LogP contribution in [-0.2, 0) is 26.2 Å². The van der Waals surface area contributed by atoms with Crippen molar-refractivity contribution in [1.82, 2.24) is 0 Å². The first-order valence-corrected chi connectivity index (χ1v) is 11.6. The minimum absolute atomic E-state index is 0. The van der Waals surface area contributed by atoms with Crippen LogP contribution in [0.4, 0.5) is 26.3 Å². The average molecular weight is 541 g/mol. The molecular weight excluding hydrogens is 512 g/mol. The standard InChI is InChI=1S/C7H5F6Ge.3C3H8N.Zr/c8-6(9,10)14(7(11,12)13)5-3-1-2-4-5;3*1-3-4-2;/h1-4,14H;3*3H2,1-2H3;/q4*-1;+4. The SMILES string of the molecule is CC[N-]C.CC[N-]C.CC[N-]C.F[C](F)(F)[GeH]([c-]1cccc1)[C](F)(F)F.[Zr+4]. The maximum atomic E-state index is 12.1. The largest absolute Gasteiger partial charge is 4.00 e. The van der Waals surface area contributed by atoms with E-state index < -0.39 is 28.8 Å². The van der Waals surface area contributed by atoms with Crippen molar-refractivity contribution in [2.24, 2.45) is 0 Å². The Hall–Kier alpha value is 0.236. The summed E-state index contributed by atoms with van der Waals surface area (Å²) in [4.78, 5) is 0. The Morgan fingerprint density at radius 3 is 1.07 bits per heavy atom. The molecule has 0 saturated carbocycles. The molecule has 0 aliphatic rings. The summed E-state index contributed by atoms with van der Waals surface area (Å²) < 4.78 is 72.3. The van der Waals surface area contributed by atoms with E-state index in [1.54, 1.807) is 21.1 Å². The van der Waals surface area contributed by atoms with E-state index in [0.717, 1.165) is 31.8 Å². The molecule has 0 radical (unpaired) electrons. The van der Waals surface area contributed by atoms with Crippen LogP contribution in [-0.4, -0.2) is 65.1 Å². The van der Waals surface area contributed by atoms with Gasteiger partial charge in [0.2, 0.25) is 0 Å². The zero-order chi connectivity index (χ0) is 21.2. The number of hydrogen-bond donors (Lipinski definition) is 0. The Labute approximate surface area is 182 Å². The molecule has 0 unspecified atom stereocenters. The fourth-order valence-corrected chi connectivity index (χ4v) is 4.78. The van der Waals surface area contributed by atoms with E-state index in [-0.39, 0.29) is 26.2 Å². The molecule has 0 bridgehead atoms. The van der Waals surface area contributed by atoms with Crippen LogP contribution in [0.1, 0.15) is 20.8 Å². The van der Waals surface area contributed by atoms with Crippen molar-refractivity contribution < 1.29 is 52.5 Å². The van der Waals surface area contributed by atoms with E-state index in [1.807, 2.05) is 20.8 Å². The van der Waals surface area contributed by atoms with Crippen LogP contribution in [0, 0.1) is 0 Å². The van der Waals surface area contributed by atoms with Gasteiger partial charge in [0.25, 0.3) is 0 Å². The summed E-state index contributed by atoms with van der Waals surface area (Å²) in [5.74, 6) is 0. The van der Waals surface area contributed by atoms with Gasteiger partial charge < -0.3 is 16.0 Å². The van der Waals surface area contributed by atoms with Gasteiger partial charge >= 0.3 is 106 Å². The van der Waals surface area contributed by atoms with E-state index in [9.17, 15) is 26.3 Å². The maximum Gasteiger partial charge on any atom is 4.00 e. The first kappa shape index (κ1) is 34.7. The first-order valence-electron chi connectivity index (χ1n) is 7.99. The molecule has 158 valence electrons. The second-order valence-electron chi connectivity index (χ2n) is 4.63. The van der Waals surface area contributed by atoms with Crippen LogP contribution in [0.15, 0.2) is 24.3 Å². The second kappa shape index (κ2) is 21.0. The molecular formula is C16H29F6GeN3Zr. The summed E-state index contributed by atoms with van der Waals surface area (Å²) in [6.45, 7) is 8.88. The number of hydrogen-bond acceptors (Lipinski definition) is 0. The Morgan fingerprint density at radius 2 is 0.926 bits per heavy atom. The molecule has 0 atom stereocenters. The minimum atomic E-state index is -5.46. The number of nitrogens with zero attached hydrogens (tertiary/aromatic N) is 3. The topological polar surface area (TPSA) is 42.3 Å². The summed E-state index contributed by atoms with van der Waals surface area (Å²) in [5.41, 5.74) is 0. The van der Waals surface area contributed by atoms with Gasteiger partial charge in [-0.05, 0) is 0 Å². The van der Waals surface area contributed by atoms with Crippen LogP contribution in [0.5, 0.6) is 0 Å². The van der Waals surface area contributed by atoms with E-state index in [1.165, 1.54) is 12.1 Å². The average Bonchev–Trinajstić information content (AvgIpc) is 3.06. The van der Waals surface area contributed by atoms with E-state index >= 15 is 0 Å². The second-order valence-corrected chi connectivity index (χ2v) is 10.6. The number of rotatable bonds is 4. The molecule has 0 aliphatic heterocycles. The van der Waals surface area contributed by atoms with Gasteiger partial charge in [-0.25, -0.2) is 0 Å². The fraction of sp³-hybridized carbons (Fsp3) is 0.688. The molecule has 0 N–H and O–H groups in total. The Morgan fingerprint density at radius 1 is 0.704 bits per heavy atom. The summed E-state index contributed by atoms with van der Waals surface area (Å²) in [6, 6.07) is 4.16. The number of alkyl halides is 6. The summed E-state index contributed by atoms with van der Waals surface area (Å²) in [6.07, 6.45) is 0. The molecule has 1 aromatic rings. The van der Waals surface area contributed by atoms with Gasteiger partial charge in [-0.2, -0.15) is 40.8 Å². The molecule has 0 saturated heterocycles. The van der Waals surface area contributed by atoms with Crippen molar-refractivity contribution in [3.8, 4) is 0 Å². The van der Waals surface area contributed by atoms with E-state index in [2.05, 4.69) is 16.0 Å². The van der Waals surface area contributed by atoms with Crippen molar-refractivity contribution in [2.75, 3.05) is 40.8 Å². The summed E-state index contributed by atoms with van der Waals surface area (Å²) in [7, 11) is 5.42. The van der Waals surface area contributed by atoms with Gasteiger partial charge in [0.1, 0.15) is 0 Å². The first-order chi connectivity index (χ1) is 12.0. The Kier molecular flexibility index (Phi) is 27.0. The third-order valence-electron chi connectivity index (χ3n) is 2.63. The van der Waals surface area contributed by atoms with Crippen LogP contribution >= 0.6 is 0 Å². The van der Waals surface area contributed by atoms with Crippen molar-refractivity contribution in [3.05, 3.63) is 40.2 Å². The Bertz CT molecular complexity index is 357. The molecule has 11 heteroatoms. The molecule has 0 fully saturated rings. The van der Waals surface area contributed by atoms with Gasteiger partial charge in [0, 0.05) is 0 Å². The smallest absolute Gasteiger partial charge is 4.00 e. The normalized spacial score (nSPS) is 10.4. The molecule has 1 rings (SSSR count). The van der Waals surface area contributed by atoms with Gasteiger partial charge in [-0.15, -0.1) is 0 Å². The summed E-state index contributed by atoms with van der Waals surface area (Å²) >= 11 is -5.46. The molecule has 1 aromatic carbocycles. The molecule has 0 aliphatic carbocycles. The monoisotopic (exact) mass is 541 g/mol. The Balaban J connectivity index is -0.000000169. The van der Waals surface area contributed by atoms with E-state index in [4.69, 9.17) is 0 Å². The van der Waals surface area contributed by atoms with E-state index in [0.29, 0.717) is 0 Å². The van der Waals surface area contributed by atoms with Crippen LogP contribution in [0.2, 0.25) is 0 Å². The summed E-state index contributed by atoms with van der Waals surface area (Å²) in [5, 5.41) is 0.985. The van der Waals surface area contributed by atoms with Crippen molar-refractivity contribution >= 4 is 18.7 Å². The third kappa shape index (κ3) is 22.4. The molecule has 3 nitrogen and oxygen atoms in total. The van der Waals surface area contributed by atoms with Crippen molar-refractivity contribution in [3.63, 3.8) is 0 Å². The molecule has 0 amide bonds. The third-order valence-corrected chi connectivity index (χ3v) is 7.58. The molecule has 0 spiro atoms. The molecule has 27 heavy (non-hydrogen) atoms. The fourth-order valence-electron chi connectivity index (χ4n) is 1.14. The maximum absolute atomic E-state index is 12.1. The van der Waals surface area contributed by atoms with Crippen LogP contribution < -0.4 is 4.40 Å². The minimum Gasteiger partial charge on any atom is 4.00 e. The quantitative estimate of drug-likeness (QED) is 0.291. The van der Waals surface area contributed by atoms with Gasteiger partial charge in [-0.3, -0.25) is 0 Å². The van der Waals surface area contributed by atoms with Crippen LogP contribution in [0.3, 0.4) is 0 Å². The number of halogens is 6. The van der Waals surface area contributed by atoms with Gasteiger partial charge in [0.15, 0.2) is 0 Å². The van der Waals surface area contributed by atoms with Crippen LogP contribution in [0.25, 0.3) is 16.0 Å². The molecule has 0 aromatic heterocycles. The van der Waals surface area contributed by atoms with Gasteiger partial charge in [0.05, 0.1) is 0 Å². The van der Waals surface area contributed by atoms with Gasteiger partial charge in [-0.1, -0.05) is 20.8 Å². The predicted molar refractivity (Wildman–Crippen MR) is 100 cm³/mol.